The molecule has 0 spiro atoms. The van der Waals surface area contributed by atoms with E-state index in [0.29, 0.717) is 11.3 Å². The maximum absolute atomic E-state index is 13.0. The zero-order valence-electron chi connectivity index (χ0n) is 15.4. The Morgan fingerprint density at radius 2 is 1.83 bits per heavy atom. The Morgan fingerprint density at radius 1 is 1.20 bits per heavy atom. The summed E-state index contributed by atoms with van der Waals surface area (Å²) < 4.78 is 49.0. The lowest BCUT2D eigenvalue weighted by molar-refractivity contribution is -0.181. The van der Waals surface area contributed by atoms with E-state index >= 15 is 0 Å². The summed E-state index contributed by atoms with van der Waals surface area (Å²) in [5.74, 6) is -3.12. The fourth-order valence-electron chi connectivity index (χ4n) is 3.05. The van der Waals surface area contributed by atoms with Gasteiger partial charge in [-0.1, -0.05) is 12.1 Å². The number of nitrogens with one attached hydrogen (secondary N) is 1. The molecular weight excluding hydrogens is 421 g/mol. The van der Waals surface area contributed by atoms with Crippen LogP contribution in [0.5, 0.6) is 5.75 Å². The fraction of sp³-hybridized carbons (Fsp3) is 0.263. The van der Waals surface area contributed by atoms with Gasteiger partial charge in [0.15, 0.2) is 9.84 Å². The zero-order valence-corrected chi connectivity index (χ0v) is 16.3. The molecule has 2 aromatic carbocycles. The Hall–Kier alpha value is -3.02. The summed E-state index contributed by atoms with van der Waals surface area (Å²) in [5.41, 5.74) is -1.28. The van der Waals surface area contributed by atoms with Gasteiger partial charge in [0.2, 0.25) is 0 Å². The molecule has 0 aliphatic carbocycles. The zero-order chi connectivity index (χ0) is 21.9. The standard InChI is InChI=1S/C19H18FNO8S/c20-13-3-1-12(2-4-13)11-29-14-5-7-15(8-6-14)30(26,27)16-9-10-28-18(23)19(16,24)17(22)21-25/h1-8,16,24-25H,9-11H2,(H,21,22). The Morgan fingerprint density at radius 3 is 2.43 bits per heavy atom. The third-order valence-corrected chi connectivity index (χ3v) is 6.94. The number of aliphatic hydroxyl groups is 1. The number of esters is 1. The molecule has 0 aromatic heterocycles. The molecule has 9 nitrogen and oxygen atoms in total. The normalized spacial score (nSPS) is 21.6. The van der Waals surface area contributed by atoms with Crippen LogP contribution < -0.4 is 10.2 Å². The van der Waals surface area contributed by atoms with Gasteiger partial charge in [-0.25, -0.2) is 23.1 Å². The fourth-order valence-corrected chi connectivity index (χ4v) is 4.95. The SMILES string of the molecule is O=C(NO)C1(O)C(=O)OCCC1S(=O)(=O)c1ccc(OCc2ccc(F)cc2)cc1. The van der Waals surface area contributed by atoms with Gasteiger partial charge < -0.3 is 14.6 Å². The topological polar surface area (TPSA) is 139 Å². The summed E-state index contributed by atoms with van der Waals surface area (Å²) in [6.07, 6.45) is -0.346. The minimum Gasteiger partial charge on any atom is -0.489 e. The van der Waals surface area contributed by atoms with E-state index < -0.39 is 32.6 Å². The predicted octanol–water partition coefficient (Wildman–Crippen LogP) is 0.730. The van der Waals surface area contributed by atoms with E-state index in [9.17, 15) is 27.5 Å². The molecule has 3 rings (SSSR count). The first-order valence-corrected chi connectivity index (χ1v) is 10.3. The van der Waals surface area contributed by atoms with Crippen LogP contribution >= 0.6 is 0 Å². The molecule has 30 heavy (non-hydrogen) atoms. The minimum absolute atomic E-state index is 0.122. The maximum atomic E-state index is 13.0. The molecule has 2 atom stereocenters. The van der Waals surface area contributed by atoms with Crippen molar-refractivity contribution < 1.29 is 42.2 Å². The summed E-state index contributed by atoms with van der Waals surface area (Å²) in [6, 6.07) is 10.8. The average molecular weight is 439 g/mol. The second-order valence-electron chi connectivity index (χ2n) is 6.55. The highest BCUT2D eigenvalue weighted by molar-refractivity contribution is 7.92. The van der Waals surface area contributed by atoms with Crippen LogP contribution in [0.1, 0.15) is 12.0 Å². The van der Waals surface area contributed by atoms with E-state index in [-0.39, 0.29) is 30.3 Å². The Bertz CT molecular complexity index is 1030. The van der Waals surface area contributed by atoms with Crippen LogP contribution in [0.3, 0.4) is 0 Å². The lowest BCUT2D eigenvalue weighted by Crippen LogP contribution is -2.65. The van der Waals surface area contributed by atoms with Crippen molar-refractivity contribution in [2.24, 2.45) is 0 Å². The summed E-state index contributed by atoms with van der Waals surface area (Å²) in [5, 5.41) is 17.4. The van der Waals surface area contributed by atoms with Crippen molar-refractivity contribution in [1.82, 2.24) is 5.48 Å². The number of carbonyl (C=O) groups is 2. The van der Waals surface area contributed by atoms with Crippen molar-refractivity contribution in [1.29, 1.82) is 0 Å². The number of cyclic esters (lactones) is 1. The molecule has 1 amide bonds. The number of benzene rings is 2. The molecule has 2 aromatic rings. The molecule has 160 valence electrons. The molecule has 0 bridgehead atoms. The van der Waals surface area contributed by atoms with Crippen LogP contribution in [0, 0.1) is 5.82 Å². The van der Waals surface area contributed by atoms with Gasteiger partial charge in [0.05, 0.1) is 11.5 Å². The van der Waals surface area contributed by atoms with Gasteiger partial charge in [0.1, 0.15) is 23.4 Å². The number of ether oxygens (including phenoxy) is 2. The molecule has 1 fully saturated rings. The van der Waals surface area contributed by atoms with Crippen LogP contribution in [-0.4, -0.2) is 48.1 Å². The van der Waals surface area contributed by atoms with E-state index in [1.807, 2.05) is 0 Å². The van der Waals surface area contributed by atoms with Crippen LogP contribution in [-0.2, 0) is 30.8 Å². The van der Waals surface area contributed by atoms with Crippen molar-refractivity contribution >= 4 is 21.7 Å². The van der Waals surface area contributed by atoms with Crippen molar-refractivity contribution in [3.8, 4) is 5.75 Å². The Kier molecular flexibility index (Phi) is 6.06. The van der Waals surface area contributed by atoms with Crippen molar-refractivity contribution in [2.45, 2.75) is 28.8 Å². The molecule has 1 heterocycles. The molecule has 1 aliphatic rings. The van der Waals surface area contributed by atoms with Crippen molar-refractivity contribution in [3.05, 3.63) is 59.9 Å². The van der Waals surface area contributed by atoms with Gasteiger partial charge >= 0.3 is 5.97 Å². The molecule has 1 aliphatic heterocycles. The second kappa shape index (κ2) is 8.38. The Balaban J connectivity index is 1.81. The molecule has 11 heteroatoms. The number of hydroxylamine groups is 1. The van der Waals surface area contributed by atoms with Gasteiger partial charge in [-0.2, -0.15) is 0 Å². The lowest BCUT2D eigenvalue weighted by atomic mass is 9.94. The smallest absolute Gasteiger partial charge is 0.349 e. The highest BCUT2D eigenvalue weighted by Gasteiger charge is 2.60. The average Bonchev–Trinajstić information content (AvgIpc) is 2.74. The van der Waals surface area contributed by atoms with Gasteiger partial charge in [0, 0.05) is 6.42 Å². The highest BCUT2D eigenvalue weighted by Crippen LogP contribution is 2.32. The molecule has 1 saturated heterocycles. The van der Waals surface area contributed by atoms with Gasteiger partial charge in [-0.15, -0.1) is 0 Å². The number of carbonyl (C=O) groups excluding carboxylic acids is 2. The van der Waals surface area contributed by atoms with Crippen LogP contribution in [0.15, 0.2) is 53.4 Å². The quantitative estimate of drug-likeness (QED) is 0.259. The number of halogens is 1. The van der Waals surface area contributed by atoms with Crippen molar-refractivity contribution in [2.75, 3.05) is 6.61 Å². The maximum Gasteiger partial charge on any atom is 0.349 e. The summed E-state index contributed by atoms with van der Waals surface area (Å²) in [4.78, 5) is 23.5. The molecule has 0 saturated carbocycles. The monoisotopic (exact) mass is 439 g/mol. The van der Waals surface area contributed by atoms with Gasteiger partial charge in [-0.3, -0.25) is 10.0 Å². The second-order valence-corrected chi connectivity index (χ2v) is 8.68. The lowest BCUT2D eigenvalue weighted by Gasteiger charge is -2.35. The van der Waals surface area contributed by atoms with E-state index in [1.54, 1.807) is 12.1 Å². The van der Waals surface area contributed by atoms with Gasteiger partial charge in [-0.05, 0) is 42.0 Å². The number of sulfone groups is 1. The van der Waals surface area contributed by atoms with E-state index in [2.05, 4.69) is 4.74 Å². The van der Waals surface area contributed by atoms with Gasteiger partial charge in [0.25, 0.3) is 11.5 Å². The first-order chi connectivity index (χ1) is 14.2. The van der Waals surface area contributed by atoms with E-state index in [1.165, 1.54) is 36.4 Å². The first kappa shape index (κ1) is 21.7. The van der Waals surface area contributed by atoms with Crippen LogP contribution in [0.2, 0.25) is 0 Å². The first-order valence-electron chi connectivity index (χ1n) is 8.75. The Labute approximate surface area is 170 Å². The summed E-state index contributed by atoms with van der Waals surface area (Å²) >= 11 is 0. The van der Waals surface area contributed by atoms with Crippen LogP contribution in [0.4, 0.5) is 4.39 Å². The molecule has 0 radical (unpaired) electrons. The molecular formula is C19H18FNO8S. The number of rotatable bonds is 6. The number of hydrogen-bond donors (Lipinski definition) is 3. The third kappa shape index (κ3) is 3.99. The highest BCUT2D eigenvalue weighted by atomic mass is 32.2. The van der Waals surface area contributed by atoms with E-state index in [4.69, 9.17) is 9.94 Å². The van der Waals surface area contributed by atoms with Crippen LogP contribution in [0.25, 0.3) is 0 Å². The number of amides is 1. The molecule has 2 unspecified atom stereocenters. The van der Waals surface area contributed by atoms with E-state index in [0.717, 1.165) is 5.48 Å². The minimum atomic E-state index is -4.37. The third-order valence-electron chi connectivity index (χ3n) is 4.68. The largest absolute Gasteiger partial charge is 0.489 e. The van der Waals surface area contributed by atoms with Crippen molar-refractivity contribution in [3.63, 3.8) is 0 Å². The molecule has 3 N–H and O–H groups in total. The number of hydrogen-bond acceptors (Lipinski definition) is 8. The summed E-state index contributed by atoms with van der Waals surface area (Å²) in [7, 11) is -4.37. The summed E-state index contributed by atoms with van der Waals surface area (Å²) in [6.45, 7) is -0.195. The predicted molar refractivity (Wildman–Crippen MR) is 98.6 cm³/mol.